The minimum Gasteiger partial charge on any atom is -0.391 e. The molecule has 5 nitrogen and oxygen atoms in total. The minimum absolute atomic E-state index is 0.0466. The maximum atomic E-state index is 14.0. The van der Waals surface area contributed by atoms with Gasteiger partial charge in [-0.25, -0.2) is 0 Å². The number of hydrogen-bond donors (Lipinski definition) is 1. The van der Waals surface area contributed by atoms with Crippen molar-refractivity contribution in [1.82, 2.24) is 9.47 Å². The van der Waals surface area contributed by atoms with Crippen LogP contribution >= 0.6 is 0 Å². The molecule has 0 saturated carbocycles. The number of carbonyl (C=O) groups is 1. The number of nitriles is 1. The van der Waals surface area contributed by atoms with Crippen LogP contribution in [0.4, 0.5) is 13.2 Å². The third-order valence-corrected chi connectivity index (χ3v) is 6.44. The maximum Gasteiger partial charge on any atom is 0.418 e. The Morgan fingerprint density at radius 3 is 2.37 bits per heavy atom. The summed E-state index contributed by atoms with van der Waals surface area (Å²) < 4.78 is 43.4. The number of benzene rings is 1. The number of Topliss-reactive ketones (excluding diaryl/α,β-unsaturated/α-hetero) is 1. The summed E-state index contributed by atoms with van der Waals surface area (Å²) in [6.45, 7) is 2.74. The quantitative estimate of drug-likeness (QED) is 0.769. The molecule has 2 aromatic rings. The van der Waals surface area contributed by atoms with Crippen molar-refractivity contribution in [2.24, 2.45) is 0 Å². The highest BCUT2D eigenvalue weighted by Crippen LogP contribution is 2.41. The molecule has 2 bridgehead atoms. The number of carbonyl (C=O) groups excluding carboxylic acids is 1. The van der Waals surface area contributed by atoms with Crippen molar-refractivity contribution in [3.63, 3.8) is 0 Å². The van der Waals surface area contributed by atoms with E-state index in [1.54, 1.807) is 12.1 Å². The van der Waals surface area contributed by atoms with Crippen LogP contribution in [0.25, 0.3) is 5.69 Å². The van der Waals surface area contributed by atoms with Gasteiger partial charge in [-0.05, 0) is 57.4 Å². The number of hydrogen-bond acceptors (Lipinski definition) is 4. The van der Waals surface area contributed by atoms with Crippen LogP contribution < -0.4 is 0 Å². The lowest BCUT2D eigenvalue weighted by atomic mass is 9.98. The summed E-state index contributed by atoms with van der Waals surface area (Å²) in [4.78, 5) is 15.0. The van der Waals surface area contributed by atoms with E-state index in [9.17, 15) is 23.1 Å². The normalized spacial score (nSPS) is 23.7. The van der Waals surface area contributed by atoms with Crippen LogP contribution in [0.5, 0.6) is 0 Å². The van der Waals surface area contributed by atoms with Crippen molar-refractivity contribution < 1.29 is 23.1 Å². The monoisotopic (exact) mass is 417 g/mol. The first-order valence-corrected chi connectivity index (χ1v) is 9.90. The number of alkyl halides is 3. The molecule has 1 aromatic heterocycles. The number of aliphatic hydroxyl groups is 1. The first kappa shape index (κ1) is 20.6. The fourth-order valence-corrected chi connectivity index (χ4v) is 5.16. The maximum absolute atomic E-state index is 14.0. The van der Waals surface area contributed by atoms with Crippen molar-refractivity contribution in [2.45, 2.75) is 57.5 Å². The Kier molecular flexibility index (Phi) is 4.99. The standard InChI is InChI=1S/C22H22F3N3O2/c1-12-20(19(30)11-27-16-7-8-17(27)18(29)9-16)21(22(23,24)25)13(2)28(12)15-5-3-14(10-26)4-6-15/h3-6,16-18,29H,7-9,11H2,1-2H3. The molecule has 2 saturated heterocycles. The smallest absolute Gasteiger partial charge is 0.391 e. The predicted molar refractivity (Wildman–Crippen MR) is 103 cm³/mol. The van der Waals surface area contributed by atoms with E-state index in [1.807, 2.05) is 11.0 Å². The summed E-state index contributed by atoms with van der Waals surface area (Å²) in [7, 11) is 0. The Hall–Kier alpha value is -2.63. The summed E-state index contributed by atoms with van der Waals surface area (Å²) in [5.41, 5.74) is -0.201. The van der Waals surface area contributed by atoms with E-state index >= 15 is 0 Å². The summed E-state index contributed by atoms with van der Waals surface area (Å²) in [5, 5.41) is 19.1. The number of rotatable bonds is 4. The Morgan fingerprint density at radius 2 is 1.87 bits per heavy atom. The van der Waals surface area contributed by atoms with E-state index in [0.717, 1.165) is 12.8 Å². The number of aromatic nitrogens is 1. The Morgan fingerprint density at radius 1 is 1.20 bits per heavy atom. The highest BCUT2D eigenvalue weighted by molar-refractivity contribution is 6.01. The molecule has 0 radical (unpaired) electrons. The predicted octanol–water partition coefficient (Wildman–Crippen LogP) is 3.76. The van der Waals surface area contributed by atoms with Crippen LogP contribution in [0.1, 0.15) is 52.1 Å². The number of ketones is 1. The molecule has 2 aliphatic rings. The molecule has 0 spiro atoms. The molecular formula is C22H22F3N3O2. The summed E-state index contributed by atoms with van der Waals surface area (Å²) >= 11 is 0. The van der Waals surface area contributed by atoms with E-state index in [4.69, 9.17) is 5.26 Å². The highest BCUT2D eigenvalue weighted by Gasteiger charge is 2.47. The first-order chi connectivity index (χ1) is 14.1. The lowest BCUT2D eigenvalue weighted by molar-refractivity contribution is -0.138. The van der Waals surface area contributed by atoms with Gasteiger partial charge in [-0.15, -0.1) is 0 Å². The lowest BCUT2D eigenvalue weighted by Gasteiger charge is -2.21. The minimum atomic E-state index is -4.68. The molecule has 158 valence electrons. The largest absolute Gasteiger partial charge is 0.418 e. The lowest BCUT2D eigenvalue weighted by Crippen LogP contribution is -2.37. The molecule has 2 fully saturated rings. The van der Waals surface area contributed by atoms with Gasteiger partial charge in [-0.2, -0.15) is 18.4 Å². The van der Waals surface area contributed by atoms with Gasteiger partial charge in [0.1, 0.15) is 0 Å². The van der Waals surface area contributed by atoms with Crippen molar-refractivity contribution in [3.8, 4) is 11.8 Å². The van der Waals surface area contributed by atoms with Gasteiger partial charge in [-0.3, -0.25) is 9.69 Å². The first-order valence-electron chi connectivity index (χ1n) is 9.90. The average molecular weight is 417 g/mol. The van der Waals surface area contributed by atoms with Crippen molar-refractivity contribution >= 4 is 5.78 Å². The second-order valence-electron chi connectivity index (χ2n) is 8.11. The summed E-state index contributed by atoms with van der Waals surface area (Å²) in [6, 6.07) is 8.09. The summed E-state index contributed by atoms with van der Waals surface area (Å²) in [6.07, 6.45) is -3.03. The third-order valence-electron chi connectivity index (χ3n) is 6.44. The Labute approximate surface area is 172 Å². The van der Waals surface area contributed by atoms with Crippen molar-refractivity contribution in [2.75, 3.05) is 6.54 Å². The van der Waals surface area contributed by atoms with Crippen LogP contribution in [0.3, 0.4) is 0 Å². The molecule has 2 aliphatic heterocycles. The number of aliphatic hydroxyl groups excluding tert-OH is 1. The Bertz CT molecular complexity index is 1030. The molecule has 4 rings (SSSR count). The van der Waals surface area contributed by atoms with E-state index in [2.05, 4.69) is 0 Å². The fraction of sp³-hybridized carbons (Fsp3) is 0.455. The van der Waals surface area contributed by atoms with Crippen LogP contribution in [0, 0.1) is 25.2 Å². The van der Waals surface area contributed by atoms with Crippen LogP contribution in [0.15, 0.2) is 24.3 Å². The molecule has 1 aromatic carbocycles. The molecule has 3 unspecified atom stereocenters. The number of halogens is 3. The molecule has 30 heavy (non-hydrogen) atoms. The van der Waals surface area contributed by atoms with Gasteiger partial charge in [0.15, 0.2) is 5.78 Å². The van der Waals surface area contributed by atoms with Crippen LogP contribution in [0.2, 0.25) is 0 Å². The van der Waals surface area contributed by atoms with Gasteiger partial charge in [0.25, 0.3) is 0 Å². The zero-order valence-corrected chi connectivity index (χ0v) is 16.7. The van der Waals surface area contributed by atoms with Crippen molar-refractivity contribution in [3.05, 3.63) is 52.3 Å². The van der Waals surface area contributed by atoms with Gasteiger partial charge < -0.3 is 9.67 Å². The van der Waals surface area contributed by atoms with Crippen LogP contribution in [-0.2, 0) is 6.18 Å². The molecule has 0 amide bonds. The van der Waals surface area contributed by atoms with Gasteiger partial charge >= 0.3 is 6.18 Å². The van der Waals surface area contributed by atoms with E-state index < -0.39 is 23.6 Å². The molecule has 3 heterocycles. The zero-order valence-electron chi connectivity index (χ0n) is 16.7. The zero-order chi connectivity index (χ0) is 21.8. The van der Waals surface area contributed by atoms with E-state index in [1.165, 1.54) is 30.5 Å². The second-order valence-corrected chi connectivity index (χ2v) is 8.11. The number of fused-ring (bicyclic) bond motifs is 2. The van der Waals surface area contributed by atoms with Gasteiger partial charge in [0.05, 0.1) is 35.4 Å². The summed E-state index contributed by atoms with van der Waals surface area (Å²) in [5.74, 6) is -0.582. The Balaban J connectivity index is 1.77. The topological polar surface area (TPSA) is 69.3 Å². The molecular weight excluding hydrogens is 395 g/mol. The van der Waals surface area contributed by atoms with Gasteiger partial charge in [0, 0.05) is 29.2 Å². The third kappa shape index (κ3) is 3.22. The second kappa shape index (κ2) is 7.25. The van der Waals surface area contributed by atoms with E-state index in [-0.39, 0.29) is 35.6 Å². The van der Waals surface area contributed by atoms with Crippen LogP contribution in [-0.4, -0.2) is 45.1 Å². The molecule has 1 N–H and O–H groups in total. The SMILES string of the molecule is Cc1c(C(=O)CN2C3CCC2C(O)C3)c(C(F)(F)F)c(C)n1-c1ccc(C#N)cc1. The molecule has 3 atom stereocenters. The van der Waals surface area contributed by atoms with E-state index in [0.29, 0.717) is 17.7 Å². The average Bonchev–Trinajstić information content (AvgIpc) is 3.29. The molecule has 8 heteroatoms. The molecule has 0 aliphatic carbocycles. The fourth-order valence-electron chi connectivity index (χ4n) is 5.16. The van der Waals surface area contributed by atoms with Gasteiger partial charge in [0.2, 0.25) is 0 Å². The van der Waals surface area contributed by atoms with Crippen molar-refractivity contribution in [1.29, 1.82) is 5.26 Å². The van der Waals surface area contributed by atoms with Gasteiger partial charge in [-0.1, -0.05) is 0 Å². The number of nitrogens with zero attached hydrogens (tertiary/aromatic N) is 3. The highest BCUT2D eigenvalue weighted by atomic mass is 19.4.